The van der Waals surface area contributed by atoms with E-state index >= 15 is 0 Å². The maximum absolute atomic E-state index is 5.38. The molecule has 100 valence electrons. The summed E-state index contributed by atoms with van der Waals surface area (Å²) in [5.41, 5.74) is 6.42. The van der Waals surface area contributed by atoms with Gasteiger partial charge in [0.1, 0.15) is 5.75 Å². The summed E-state index contributed by atoms with van der Waals surface area (Å²) in [5.74, 6) is 2.18. The maximum Gasteiger partial charge on any atom is 0.143 e. The summed E-state index contributed by atoms with van der Waals surface area (Å²) in [6, 6.07) is 25.5. The third-order valence-corrected chi connectivity index (χ3v) is 4.04. The third-order valence-electron chi connectivity index (χ3n) is 4.04. The molecule has 3 aromatic rings. The minimum absolute atomic E-state index is 0.891. The summed E-state index contributed by atoms with van der Waals surface area (Å²) in [5, 5.41) is 0. The Balaban J connectivity index is 1.96. The largest absolute Gasteiger partial charge is 0.491 e. The van der Waals surface area contributed by atoms with Crippen LogP contribution in [0.1, 0.15) is 16.7 Å². The van der Waals surface area contributed by atoms with Gasteiger partial charge in [0.2, 0.25) is 0 Å². The molecule has 0 unspecified atom stereocenters. The molecule has 0 saturated carbocycles. The van der Waals surface area contributed by atoms with E-state index in [1.807, 2.05) is 12.1 Å². The Labute approximate surface area is 124 Å². The predicted molar refractivity (Wildman–Crippen MR) is 85.4 cm³/mol. The second-order valence-electron chi connectivity index (χ2n) is 5.20. The summed E-state index contributed by atoms with van der Waals surface area (Å²) in [6.07, 6.45) is 0. The molecule has 1 nitrogen and oxygen atoms in total. The first-order valence-corrected chi connectivity index (χ1v) is 7.09. The molecule has 0 N–H and O–H groups in total. The highest BCUT2D eigenvalue weighted by molar-refractivity contribution is 5.87. The van der Waals surface area contributed by atoms with E-state index in [0.29, 0.717) is 0 Å². The number of hydrogen-bond acceptors (Lipinski definition) is 1. The Bertz CT molecular complexity index is 759. The summed E-state index contributed by atoms with van der Waals surface area (Å²) in [7, 11) is 1.71. The van der Waals surface area contributed by atoms with E-state index in [1.54, 1.807) is 7.11 Å². The highest BCUT2D eigenvalue weighted by Gasteiger charge is 2.35. The van der Waals surface area contributed by atoms with Crippen LogP contribution in [0.4, 0.5) is 0 Å². The second-order valence-corrected chi connectivity index (χ2v) is 5.20. The van der Waals surface area contributed by atoms with Crippen LogP contribution in [0.3, 0.4) is 0 Å². The lowest BCUT2D eigenvalue weighted by molar-refractivity contribution is 0.414. The van der Waals surface area contributed by atoms with E-state index in [9.17, 15) is 0 Å². The van der Waals surface area contributed by atoms with E-state index < -0.39 is 0 Å². The highest BCUT2D eigenvalue weighted by atomic mass is 16.5. The van der Waals surface area contributed by atoms with Crippen LogP contribution in [0.2, 0.25) is 0 Å². The lowest BCUT2D eigenvalue weighted by atomic mass is 9.89. The smallest absolute Gasteiger partial charge is 0.143 e. The second kappa shape index (κ2) is 4.71. The molecule has 0 amide bonds. The third kappa shape index (κ3) is 1.82. The molecule has 3 aromatic carbocycles. The predicted octanol–water partition coefficient (Wildman–Crippen LogP) is 4.69. The van der Waals surface area contributed by atoms with E-state index in [0.717, 1.165) is 5.75 Å². The molecule has 0 aromatic heterocycles. The molecule has 4 rings (SSSR count). The standard InChI is InChI=1S/C20H15O/c1-21-15-8-6-7-14(13-15)20-18-11-4-2-9-16(18)17-10-3-5-12-19(17)20/h2-13H,1H3/q+1. The van der Waals surface area contributed by atoms with Crippen LogP contribution in [-0.2, 0) is 0 Å². The first-order chi connectivity index (χ1) is 10.4. The van der Waals surface area contributed by atoms with E-state index in [1.165, 1.54) is 33.7 Å². The van der Waals surface area contributed by atoms with Gasteiger partial charge in [0.25, 0.3) is 0 Å². The van der Waals surface area contributed by atoms with Gasteiger partial charge in [0.15, 0.2) is 0 Å². The Kier molecular flexibility index (Phi) is 2.71. The zero-order valence-electron chi connectivity index (χ0n) is 11.8. The van der Waals surface area contributed by atoms with Gasteiger partial charge in [0, 0.05) is 6.07 Å². The topological polar surface area (TPSA) is 9.23 Å². The van der Waals surface area contributed by atoms with Gasteiger partial charge < -0.3 is 4.74 Å². The van der Waals surface area contributed by atoms with Crippen molar-refractivity contribution in [2.45, 2.75) is 0 Å². The average molecular weight is 271 g/mol. The molecular weight excluding hydrogens is 256 g/mol. The van der Waals surface area contributed by atoms with Crippen molar-refractivity contribution in [3.63, 3.8) is 0 Å². The fourth-order valence-electron chi connectivity index (χ4n) is 3.11. The zero-order valence-corrected chi connectivity index (χ0v) is 11.8. The average Bonchev–Trinajstić information content (AvgIpc) is 2.89. The number of rotatable bonds is 2. The number of fused-ring (bicyclic) bond motifs is 3. The van der Waals surface area contributed by atoms with Crippen molar-refractivity contribution in [3.8, 4) is 16.9 Å². The van der Waals surface area contributed by atoms with E-state index in [4.69, 9.17) is 4.74 Å². The summed E-state index contributed by atoms with van der Waals surface area (Å²) < 4.78 is 5.38. The van der Waals surface area contributed by atoms with Crippen molar-refractivity contribution in [3.05, 3.63) is 95.4 Å². The van der Waals surface area contributed by atoms with E-state index in [-0.39, 0.29) is 0 Å². The van der Waals surface area contributed by atoms with Gasteiger partial charge in [-0.1, -0.05) is 0 Å². The minimum Gasteiger partial charge on any atom is -0.491 e. The van der Waals surface area contributed by atoms with Crippen LogP contribution in [0.5, 0.6) is 5.75 Å². The Morgan fingerprint density at radius 2 is 1.33 bits per heavy atom. The van der Waals surface area contributed by atoms with Crippen molar-refractivity contribution >= 4 is 0 Å². The maximum atomic E-state index is 5.38. The van der Waals surface area contributed by atoms with Crippen LogP contribution in [0.25, 0.3) is 11.1 Å². The van der Waals surface area contributed by atoms with Crippen molar-refractivity contribution in [1.82, 2.24) is 0 Å². The molecule has 0 saturated heterocycles. The van der Waals surface area contributed by atoms with Crippen LogP contribution in [-0.4, -0.2) is 7.11 Å². The Morgan fingerprint density at radius 1 is 0.714 bits per heavy atom. The first kappa shape index (κ1) is 12.1. The van der Waals surface area contributed by atoms with Crippen molar-refractivity contribution in [1.29, 1.82) is 0 Å². The van der Waals surface area contributed by atoms with Crippen LogP contribution < -0.4 is 4.74 Å². The fourth-order valence-corrected chi connectivity index (χ4v) is 3.11. The minimum atomic E-state index is 0.891. The lowest BCUT2D eigenvalue weighted by Gasteiger charge is -2.09. The van der Waals surface area contributed by atoms with Crippen molar-refractivity contribution in [2.75, 3.05) is 7.11 Å². The molecule has 21 heavy (non-hydrogen) atoms. The summed E-state index contributed by atoms with van der Waals surface area (Å²) in [4.78, 5) is 0. The number of benzene rings is 3. The molecule has 0 spiro atoms. The zero-order chi connectivity index (χ0) is 14.2. The Morgan fingerprint density at radius 3 is 1.95 bits per heavy atom. The summed E-state index contributed by atoms with van der Waals surface area (Å²) >= 11 is 0. The molecule has 0 fully saturated rings. The van der Waals surface area contributed by atoms with Gasteiger partial charge in [-0.2, -0.15) is 0 Å². The molecule has 0 radical (unpaired) electrons. The highest BCUT2D eigenvalue weighted by Crippen LogP contribution is 2.47. The van der Waals surface area contributed by atoms with Crippen LogP contribution in [0, 0.1) is 5.92 Å². The monoisotopic (exact) mass is 271 g/mol. The number of hydrogen-bond donors (Lipinski definition) is 0. The first-order valence-electron chi connectivity index (χ1n) is 7.09. The molecule has 1 aliphatic rings. The molecular formula is C20H15O+. The molecule has 1 heteroatoms. The molecule has 0 heterocycles. The lowest BCUT2D eigenvalue weighted by Crippen LogP contribution is -2.00. The number of methoxy groups -OCH3 is 1. The number of ether oxygens (including phenoxy) is 1. The molecule has 0 aliphatic heterocycles. The molecule has 0 atom stereocenters. The van der Waals surface area contributed by atoms with Gasteiger partial charge in [-0.3, -0.25) is 0 Å². The van der Waals surface area contributed by atoms with Gasteiger partial charge in [-0.25, -0.2) is 0 Å². The van der Waals surface area contributed by atoms with Crippen molar-refractivity contribution < 1.29 is 4.74 Å². The molecule has 1 aliphatic carbocycles. The van der Waals surface area contributed by atoms with Gasteiger partial charge in [-0.05, 0) is 66.7 Å². The normalized spacial score (nSPS) is 12.0. The van der Waals surface area contributed by atoms with Gasteiger partial charge >= 0.3 is 0 Å². The summed E-state index contributed by atoms with van der Waals surface area (Å²) in [6.45, 7) is 0. The van der Waals surface area contributed by atoms with E-state index in [2.05, 4.69) is 60.7 Å². The Hall–Kier alpha value is -2.67. The SMILES string of the molecule is COc1cccc([C+]2c3ccccc3-c3ccccc32)c1. The quantitative estimate of drug-likeness (QED) is 0.480. The van der Waals surface area contributed by atoms with Crippen LogP contribution >= 0.6 is 0 Å². The van der Waals surface area contributed by atoms with Crippen molar-refractivity contribution in [2.24, 2.45) is 0 Å². The van der Waals surface area contributed by atoms with Gasteiger partial charge in [-0.15, -0.1) is 0 Å². The van der Waals surface area contributed by atoms with Crippen LogP contribution in [0.15, 0.2) is 72.8 Å². The fraction of sp³-hybridized carbons (Fsp3) is 0.0500. The van der Waals surface area contributed by atoms with Gasteiger partial charge in [0.05, 0.1) is 40.8 Å². The molecule has 0 bridgehead atoms.